The van der Waals surface area contributed by atoms with Crippen LogP contribution in [0.3, 0.4) is 0 Å². The van der Waals surface area contributed by atoms with Gasteiger partial charge in [-0.25, -0.2) is 0 Å². The Hall–Kier alpha value is -0.870. The second-order valence-electron chi connectivity index (χ2n) is 5.10. The molecule has 1 rings (SSSR count). The summed E-state index contributed by atoms with van der Waals surface area (Å²) < 4.78 is 1.79. The summed E-state index contributed by atoms with van der Waals surface area (Å²) in [5, 5.41) is 4.15. The standard InChI is InChI=1S/C12H24N4/c1-6-12(2,3)15(4)9-11(13)10-7-14-16(5)8-10/h7-8,11H,6,9,13H2,1-5H3. The molecule has 1 unspecified atom stereocenters. The molecule has 0 radical (unpaired) electrons. The summed E-state index contributed by atoms with van der Waals surface area (Å²) in [4.78, 5) is 2.31. The van der Waals surface area contributed by atoms with E-state index in [0.29, 0.717) is 0 Å². The average Bonchev–Trinajstić information content (AvgIpc) is 2.64. The molecule has 4 heteroatoms. The van der Waals surface area contributed by atoms with Gasteiger partial charge < -0.3 is 5.73 Å². The van der Waals surface area contributed by atoms with Gasteiger partial charge in [0.1, 0.15) is 0 Å². The molecule has 0 aromatic carbocycles. The Morgan fingerprint density at radius 2 is 2.19 bits per heavy atom. The topological polar surface area (TPSA) is 47.1 Å². The molecule has 0 spiro atoms. The zero-order valence-corrected chi connectivity index (χ0v) is 11.1. The first-order valence-corrected chi connectivity index (χ1v) is 5.82. The Bertz CT molecular complexity index is 330. The summed E-state index contributed by atoms with van der Waals surface area (Å²) in [6.45, 7) is 7.53. The molecular weight excluding hydrogens is 200 g/mol. The predicted octanol–water partition coefficient (Wildman–Crippen LogP) is 1.54. The molecule has 1 aromatic rings. The molecule has 16 heavy (non-hydrogen) atoms. The van der Waals surface area contributed by atoms with Crippen LogP contribution in [-0.2, 0) is 7.05 Å². The van der Waals surface area contributed by atoms with Crippen molar-refractivity contribution in [3.8, 4) is 0 Å². The highest BCUT2D eigenvalue weighted by Crippen LogP contribution is 2.19. The SMILES string of the molecule is CCC(C)(C)N(C)CC(N)c1cnn(C)c1. The predicted molar refractivity (Wildman–Crippen MR) is 67.1 cm³/mol. The van der Waals surface area contributed by atoms with E-state index in [-0.39, 0.29) is 11.6 Å². The van der Waals surface area contributed by atoms with Gasteiger partial charge in [-0.05, 0) is 27.3 Å². The summed E-state index contributed by atoms with van der Waals surface area (Å²) in [5.74, 6) is 0. The Labute approximate surface area is 98.4 Å². The van der Waals surface area contributed by atoms with Crippen LogP contribution in [-0.4, -0.2) is 33.8 Å². The second-order valence-corrected chi connectivity index (χ2v) is 5.10. The highest BCUT2D eigenvalue weighted by Gasteiger charge is 2.23. The molecule has 0 amide bonds. The van der Waals surface area contributed by atoms with E-state index in [1.54, 1.807) is 4.68 Å². The van der Waals surface area contributed by atoms with E-state index in [0.717, 1.165) is 18.5 Å². The number of aromatic nitrogens is 2. The first-order valence-electron chi connectivity index (χ1n) is 5.82. The van der Waals surface area contributed by atoms with Crippen molar-refractivity contribution in [2.75, 3.05) is 13.6 Å². The molecule has 0 saturated heterocycles. The molecule has 0 aliphatic rings. The number of aryl methyl sites for hydroxylation is 1. The summed E-state index contributed by atoms with van der Waals surface area (Å²) >= 11 is 0. The Balaban J connectivity index is 2.61. The fraction of sp³-hybridized carbons (Fsp3) is 0.750. The van der Waals surface area contributed by atoms with E-state index >= 15 is 0 Å². The molecule has 4 nitrogen and oxygen atoms in total. The van der Waals surface area contributed by atoms with Gasteiger partial charge in [0.05, 0.1) is 6.20 Å². The van der Waals surface area contributed by atoms with E-state index in [2.05, 4.69) is 37.8 Å². The zero-order chi connectivity index (χ0) is 12.3. The minimum atomic E-state index is 0.0320. The van der Waals surface area contributed by atoms with Crippen LogP contribution in [0.2, 0.25) is 0 Å². The summed E-state index contributed by atoms with van der Waals surface area (Å²) in [5.41, 5.74) is 7.46. The van der Waals surface area contributed by atoms with Crippen molar-refractivity contribution >= 4 is 0 Å². The lowest BCUT2D eigenvalue weighted by Crippen LogP contribution is -2.44. The number of hydrogen-bond donors (Lipinski definition) is 1. The fourth-order valence-electron chi connectivity index (χ4n) is 1.55. The van der Waals surface area contributed by atoms with Crippen molar-refractivity contribution in [3.63, 3.8) is 0 Å². The summed E-state index contributed by atoms with van der Waals surface area (Å²) in [6, 6.07) is 0.0320. The molecule has 1 heterocycles. The van der Waals surface area contributed by atoms with E-state index < -0.39 is 0 Å². The molecular formula is C12H24N4. The van der Waals surface area contributed by atoms with Gasteiger partial charge in [0, 0.05) is 36.9 Å². The quantitative estimate of drug-likeness (QED) is 0.825. The van der Waals surface area contributed by atoms with Crippen molar-refractivity contribution in [2.45, 2.75) is 38.8 Å². The van der Waals surface area contributed by atoms with Crippen LogP contribution in [0.4, 0.5) is 0 Å². The van der Waals surface area contributed by atoms with Gasteiger partial charge in [-0.15, -0.1) is 0 Å². The van der Waals surface area contributed by atoms with Crippen molar-refractivity contribution in [3.05, 3.63) is 18.0 Å². The van der Waals surface area contributed by atoms with Crippen LogP contribution < -0.4 is 5.73 Å². The first kappa shape index (κ1) is 13.2. The third-order valence-electron chi connectivity index (χ3n) is 3.52. The Kier molecular flexibility index (Phi) is 4.10. The highest BCUT2D eigenvalue weighted by atomic mass is 15.2. The summed E-state index contributed by atoms with van der Waals surface area (Å²) in [7, 11) is 4.04. The van der Waals surface area contributed by atoms with Crippen molar-refractivity contribution in [2.24, 2.45) is 12.8 Å². The maximum Gasteiger partial charge on any atom is 0.0537 e. The van der Waals surface area contributed by atoms with Gasteiger partial charge in [-0.1, -0.05) is 6.92 Å². The van der Waals surface area contributed by atoms with Crippen LogP contribution in [0.1, 0.15) is 38.8 Å². The van der Waals surface area contributed by atoms with E-state index in [1.807, 2.05) is 19.4 Å². The lowest BCUT2D eigenvalue weighted by atomic mass is 9.99. The maximum atomic E-state index is 6.17. The molecule has 1 atom stereocenters. The number of likely N-dealkylation sites (N-methyl/N-ethyl adjacent to an activating group) is 1. The van der Waals surface area contributed by atoms with Crippen molar-refractivity contribution in [1.29, 1.82) is 0 Å². The largest absolute Gasteiger partial charge is 0.323 e. The lowest BCUT2D eigenvalue weighted by Gasteiger charge is -2.36. The highest BCUT2D eigenvalue weighted by molar-refractivity contribution is 5.10. The van der Waals surface area contributed by atoms with Gasteiger partial charge in [0.25, 0.3) is 0 Å². The Morgan fingerprint density at radius 1 is 1.56 bits per heavy atom. The van der Waals surface area contributed by atoms with Crippen LogP contribution in [0.15, 0.2) is 12.4 Å². The molecule has 1 aromatic heterocycles. The van der Waals surface area contributed by atoms with E-state index in [9.17, 15) is 0 Å². The van der Waals surface area contributed by atoms with Crippen molar-refractivity contribution < 1.29 is 0 Å². The number of rotatable bonds is 5. The summed E-state index contributed by atoms with van der Waals surface area (Å²) in [6.07, 6.45) is 4.94. The van der Waals surface area contributed by atoms with Gasteiger partial charge >= 0.3 is 0 Å². The second kappa shape index (κ2) is 4.97. The minimum absolute atomic E-state index is 0.0320. The molecule has 92 valence electrons. The van der Waals surface area contributed by atoms with Crippen LogP contribution in [0.25, 0.3) is 0 Å². The van der Waals surface area contributed by atoms with Crippen LogP contribution >= 0.6 is 0 Å². The monoisotopic (exact) mass is 224 g/mol. The maximum absolute atomic E-state index is 6.17. The number of nitrogens with zero attached hydrogens (tertiary/aromatic N) is 3. The number of nitrogens with two attached hydrogens (primary N) is 1. The lowest BCUT2D eigenvalue weighted by molar-refractivity contribution is 0.142. The van der Waals surface area contributed by atoms with E-state index in [4.69, 9.17) is 5.73 Å². The van der Waals surface area contributed by atoms with E-state index in [1.165, 1.54) is 0 Å². The van der Waals surface area contributed by atoms with Crippen LogP contribution in [0.5, 0.6) is 0 Å². The molecule has 0 fully saturated rings. The molecule has 2 N–H and O–H groups in total. The molecule has 0 saturated carbocycles. The van der Waals surface area contributed by atoms with Gasteiger partial charge in [-0.3, -0.25) is 9.58 Å². The molecule has 0 aliphatic carbocycles. The fourth-order valence-corrected chi connectivity index (χ4v) is 1.55. The van der Waals surface area contributed by atoms with Crippen molar-refractivity contribution in [1.82, 2.24) is 14.7 Å². The third-order valence-corrected chi connectivity index (χ3v) is 3.52. The smallest absolute Gasteiger partial charge is 0.0537 e. The molecule has 0 aliphatic heterocycles. The Morgan fingerprint density at radius 3 is 2.62 bits per heavy atom. The van der Waals surface area contributed by atoms with Gasteiger partial charge in [0.2, 0.25) is 0 Å². The zero-order valence-electron chi connectivity index (χ0n) is 11.1. The normalized spacial score (nSPS) is 14.4. The number of hydrogen-bond acceptors (Lipinski definition) is 3. The average molecular weight is 224 g/mol. The molecule has 0 bridgehead atoms. The van der Waals surface area contributed by atoms with Crippen LogP contribution in [0, 0.1) is 0 Å². The third kappa shape index (κ3) is 3.06. The first-order chi connectivity index (χ1) is 7.36. The minimum Gasteiger partial charge on any atom is -0.323 e. The van der Waals surface area contributed by atoms with Gasteiger partial charge in [-0.2, -0.15) is 5.10 Å². The van der Waals surface area contributed by atoms with Gasteiger partial charge in [0.15, 0.2) is 0 Å².